The third kappa shape index (κ3) is 1.90. The Bertz CT molecular complexity index is 410. The van der Waals surface area contributed by atoms with E-state index in [0.29, 0.717) is 12.2 Å². The second-order valence-electron chi connectivity index (χ2n) is 3.99. The van der Waals surface area contributed by atoms with Crippen LogP contribution in [0.15, 0.2) is 12.1 Å². The van der Waals surface area contributed by atoms with Gasteiger partial charge in [-0.2, -0.15) is 0 Å². The number of rotatable bonds is 2. The third-order valence-corrected chi connectivity index (χ3v) is 3.02. The summed E-state index contributed by atoms with van der Waals surface area (Å²) in [4.78, 5) is 11.9. The summed E-state index contributed by atoms with van der Waals surface area (Å²) in [6.45, 7) is 0. The van der Waals surface area contributed by atoms with Gasteiger partial charge in [-0.25, -0.2) is 0 Å². The molecule has 1 aliphatic rings. The lowest BCUT2D eigenvalue weighted by molar-refractivity contribution is 0.0981. The van der Waals surface area contributed by atoms with Crippen LogP contribution < -0.4 is 9.47 Å². The summed E-state index contributed by atoms with van der Waals surface area (Å²) >= 11 is 0. The van der Waals surface area contributed by atoms with Crippen molar-refractivity contribution in [3.63, 3.8) is 0 Å². The fraction of sp³-hybridized carbons (Fsp3) is 0.462. The largest absolute Gasteiger partial charge is 0.497 e. The molecule has 1 aromatic rings. The highest BCUT2D eigenvalue weighted by Crippen LogP contribution is 2.33. The van der Waals surface area contributed by atoms with Crippen LogP contribution in [0.5, 0.6) is 11.5 Å². The molecule has 16 heavy (non-hydrogen) atoms. The van der Waals surface area contributed by atoms with E-state index in [2.05, 4.69) is 0 Å². The molecule has 3 nitrogen and oxygen atoms in total. The molecule has 0 heterocycles. The minimum Gasteiger partial charge on any atom is -0.497 e. The lowest BCUT2D eigenvalue weighted by Crippen LogP contribution is -2.03. The summed E-state index contributed by atoms with van der Waals surface area (Å²) < 4.78 is 10.5. The Labute approximate surface area is 95.4 Å². The highest BCUT2D eigenvalue weighted by Gasteiger charge is 2.20. The van der Waals surface area contributed by atoms with Gasteiger partial charge < -0.3 is 9.47 Å². The van der Waals surface area contributed by atoms with Crippen molar-refractivity contribution in [3.05, 3.63) is 23.3 Å². The average Bonchev–Trinajstić information content (AvgIpc) is 2.50. The Morgan fingerprint density at radius 1 is 1.06 bits per heavy atom. The second kappa shape index (κ2) is 4.56. The van der Waals surface area contributed by atoms with Crippen LogP contribution in [0.25, 0.3) is 0 Å². The van der Waals surface area contributed by atoms with Crippen LogP contribution in [0.4, 0.5) is 0 Å². The topological polar surface area (TPSA) is 35.5 Å². The molecule has 0 saturated heterocycles. The van der Waals surface area contributed by atoms with E-state index < -0.39 is 0 Å². The van der Waals surface area contributed by atoms with Crippen molar-refractivity contribution in [2.75, 3.05) is 14.2 Å². The molecule has 0 unspecified atom stereocenters. The highest BCUT2D eigenvalue weighted by molar-refractivity contribution is 5.98. The summed E-state index contributed by atoms with van der Waals surface area (Å²) in [5.41, 5.74) is 1.81. The normalized spacial score (nSPS) is 15.2. The lowest BCUT2D eigenvalue weighted by Gasteiger charge is -2.12. The Balaban J connectivity index is 2.56. The van der Waals surface area contributed by atoms with Gasteiger partial charge in [0, 0.05) is 23.6 Å². The van der Waals surface area contributed by atoms with Gasteiger partial charge in [0.05, 0.1) is 14.2 Å². The van der Waals surface area contributed by atoms with E-state index in [1.807, 2.05) is 12.1 Å². The van der Waals surface area contributed by atoms with Crippen molar-refractivity contribution in [2.45, 2.75) is 25.7 Å². The van der Waals surface area contributed by atoms with Crippen molar-refractivity contribution in [3.8, 4) is 11.5 Å². The summed E-state index contributed by atoms with van der Waals surface area (Å²) in [5.74, 6) is 1.65. The molecular formula is C13H16O3. The SMILES string of the molecule is COc1cc(OC)c2c(c1)C(=O)CCCC2. The fourth-order valence-corrected chi connectivity index (χ4v) is 2.15. The molecule has 0 saturated carbocycles. The Hall–Kier alpha value is -1.51. The number of ether oxygens (including phenoxy) is 2. The van der Waals surface area contributed by atoms with Gasteiger partial charge in [-0.05, 0) is 25.3 Å². The molecule has 0 bridgehead atoms. The van der Waals surface area contributed by atoms with Crippen molar-refractivity contribution in [2.24, 2.45) is 0 Å². The van der Waals surface area contributed by atoms with E-state index >= 15 is 0 Å². The van der Waals surface area contributed by atoms with Crippen molar-refractivity contribution in [1.82, 2.24) is 0 Å². The first-order valence-electron chi connectivity index (χ1n) is 5.54. The summed E-state index contributed by atoms with van der Waals surface area (Å²) in [6, 6.07) is 3.67. The zero-order valence-corrected chi connectivity index (χ0v) is 9.71. The van der Waals surface area contributed by atoms with Crippen LogP contribution >= 0.6 is 0 Å². The predicted molar refractivity (Wildman–Crippen MR) is 61.4 cm³/mol. The Morgan fingerprint density at radius 3 is 2.50 bits per heavy atom. The third-order valence-electron chi connectivity index (χ3n) is 3.02. The zero-order chi connectivity index (χ0) is 11.5. The number of carbonyl (C=O) groups excluding carboxylic acids is 1. The maximum absolute atomic E-state index is 11.9. The van der Waals surface area contributed by atoms with Crippen molar-refractivity contribution < 1.29 is 14.3 Å². The number of hydrogen-bond donors (Lipinski definition) is 0. The van der Waals surface area contributed by atoms with Gasteiger partial charge in [0.1, 0.15) is 11.5 Å². The van der Waals surface area contributed by atoms with Crippen LogP contribution in [0.1, 0.15) is 35.2 Å². The molecule has 0 aromatic heterocycles. The maximum Gasteiger partial charge on any atom is 0.163 e. The van der Waals surface area contributed by atoms with E-state index in [-0.39, 0.29) is 5.78 Å². The summed E-state index contributed by atoms with van der Waals surface area (Å²) in [5, 5.41) is 0. The van der Waals surface area contributed by atoms with Crippen LogP contribution in [-0.4, -0.2) is 20.0 Å². The molecule has 0 atom stereocenters. The first-order chi connectivity index (χ1) is 7.76. The number of fused-ring (bicyclic) bond motifs is 1. The smallest absolute Gasteiger partial charge is 0.163 e. The molecule has 3 heteroatoms. The van der Waals surface area contributed by atoms with Gasteiger partial charge in [0.15, 0.2) is 5.78 Å². The lowest BCUT2D eigenvalue weighted by atomic mass is 10.0. The van der Waals surface area contributed by atoms with Crippen LogP contribution in [0.3, 0.4) is 0 Å². The number of Topliss-reactive ketones (excluding diaryl/α,β-unsaturated/α-hetero) is 1. The predicted octanol–water partition coefficient (Wildman–Crippen LogP) is 2.61. The summed E-state index contributed by atoms with van der Waals surface area (Å²) in [6.07, 6.45) is 3.54. The van der Waals surface area contributed by atoms with Gasteiger partial charge in [0.2, 0.25) is 0 Å². The monoisotopic (exact) mass is 220 g/mol. The number of hydrogen-bond acceptors (Lipinski definition) is 3. The summed E-state index contributed by atoms with van der Waals surface area (Å²) in [7, 11) is 3.23. The van der Waals surface area contributed by atoms with Gasteiger partial charge in [-0.1, -0.05) is 0 Å². The van der Waals surface area contributed by atoms with Crippen LogP contribution in [-0.2, 0) is 6.42 Å². The number of ketones is 1. The van der Waals surface area contributed by atoms with E-state index in [0.717, 1.165) is 36.1 Å². The molecule has 0 spiro atoms. The van der Waals surface area contributed by atoms with Gasteiger partial charge >= 0.3 is 0 Å². The molecule has 0 aliphatic heterocycles. The van der Waals surface area contributed by atoms with Crippen molar-refractivity contribution >= 4 is 5.78 Å². The minimum absolute atomic E-state index is 0.199. The fourth-order valence-electron chi connectivity index (χ4n) is 2.15. The molecule has 2 rings (SSSR count). The molecule has 0 fully saturated rings. The van der Waals surface area contributed by atoms with Gasteiger partial charge in [-0.3, -0.25) is 4.79 Å². The second-order valence-corrected chi connectivity index (χ2v) is 3.99. The first-order valence-corrected chi connectivity index (χ1v) is 5.54. The van der Waals surface area contributed by atoms with Crippen LogP contribution in [0, 0.1) is 0 Å². The Morgan fingerprint density at radius 2 is 1.81 bits per heavy atom. The van der Waals surface area contributed by atoms with E-state index in [4.69, 9.17) is 9.47 Å². The zero-order valence-electron chi connectivity index (χ0n) is 9.71. The first kappa shape index (κ1) is 11.0. The molecule has 1 aromatic carbocycles. The number of carbonyl (C=O) groups is 1. The van der Waals surface area contributed by atoms with E-state index in [1.165, 1.54) is 0 Å². The highest BCUT2D eigenvalue weighted by atomic mass is 16.5. The molecule has 86 valence electrons. The molecular weight excluding hydrogens is 204 g/mol. The van der Waals surface area contributed by atoms with E-state index in [9.17, 15) is 4.79 Å². The molecule has 0 N–H and O–H groups in total. The van der Waals surface area contributed by atoms with Gasteiger partial charge in [-0.15, -0.1) is 0 Å². The number of methoxy groups -OCH3 is 2. The van der Waals surface area contributed by atoms with Crippen LogP contribution in [0.2, 0.25) is 0 Å². The molecule has 1 aliphatic carbocycles. The van der Waals surface area contributed by atoms with Crippen molar-refractivity contribution in [1.29, 1.82) is 0 Å². The minimum atomic E-state index is 0.199. The standard InChI is InChI=1S/C13H16O3/c1-15-9-7-11-10(13(8-9)16-2)5-3-4-6-12(11)14/h7-8H,3-6H2,1-2H3. The molecule has 0 amide bonds. The molecule has 0 radical (unpaired) electrons. The van der Waals surface area contributed by atoms with E-state index in [1.54, 1.807) is 14.2 Å². The van der Waals surface area contributed by atoms with Gasteiger partial charge in [0.25, 0.3) is 0 Å². The maximum atomic E-state index is 11.9. The Kier molecular flexibility index (Phi) is 3.13. The number of benzene rings is 1. The average molecular weight is 220 g/mol. The quantitative estimate of drug-likeness (QED) is 0.719.